The lowest BCUT2D eigenvalue weighted by Gasteiger charge is -2.43. The molecule has 23 heavy (non-hydrogen) atoms. The lowest BCUT2D eigenvalue weighted by Crippen LogP contribution is -2.61. The first-order chi connectivity index (χ1) is 11.0. The van der Waals surface area contributed by atoms with Crippen molar-refractivity contribution in [3.63, 3.8) is 0 Å². The van der Waals surface area contributed by atoms with Gasteiger partial charge in [-0.15, -0.1) is 0 Å². The lowest BCUT2D eigenvalue weighted by molar-refractivity contribution is -0.136. The summed E-state index contributed by atoms with van der Waals surface area (Å²) in [5, 5.41) is 2.85. The molecule has 3 rings (SSSR count). The highest BCUT2D eigenvalue weighted by atomic mass is 32.2. The van der Waals surface area contributed by atoms with Crippen LogP contribution in [0.15, 0.2) is 24.4 Å². The molecule has 2 saturated heterocycles. The highest BCUT2D eigenvalue weighted by molar-refractivity contribution is 7.91. The van der Waals surface area contributed by atoms with Gasteiger partial charge in [0.1, 0.15) is 0 Å². The number of nitrogens with zero attached hydrogens (tertiary/aromatic N) is 3. The molecule has 0 aromatic carbocycles. The van der Waals surface area contributed by atoms with Crippen molar-refractivity contribution in [3.05, 3.63) is 30.1 Å². The van der Waals surface area contributed by atoms with E-state index in [0.29, 0.717) is 19.6 Å². The maximum absolute atomic E-state index is 12.3. The number of amides is 1. The molecule has 2 fully saturated rings. The van der Waals surface area contributed by atoms with Crippen molar-refractivity contribution in [1.29, 1.82) is 0 Å². The van der Waals surface area contributed by atoms with Crippen LogP contribution >= 0.6 is 0 Å². The first-order valence-corrected chi connectivity index (χ1v) is 9.61. The second kappa shape index (κ2) is 6.54. The standard InChI is InChI=1S/C15H22N4O3S/c1-16-8-15(20)19-7-6-18(9-12-4-2-3-5-17-12)13-10-23(21,22)11-14(13)19/h2-5,13-14,16H,6-11H2,1H3/t13-,14+/m1/s1. The molecule has 8 heteroatoms. The number of carbonyl (C=O) groups excluding carboxylic acids is 1. The molecule has 3 heterocycles. The Labute approximate surface area is 136 Å². The maximum Gasteiger partial charge on any atom is 0.236 e. The van der Waals surface area contributed by atoms with Gasteiger partial charge in [-0.3, -0.25) is 14.7 Å². The summed E-state index contributed by atoms with van der Waals surface area (Å²) in [4.78, 5) is 20.5. The van der Waals surface area contributed by atoms with Crippen LogP contribution < -0.4 is 5.32 Å². The van der Waals surface area contributed by atoms with Crippen LogP contribution in [0, 0.1) is 0 Å². The third-order valence-electron chi connectivity index (χ3n) is 4.53. The molecule has 0 unspecified atom stereocenters. The SMILES string of the molecule is CNCC(=O)N1CCN(Cc2ccccn2)[C@@H]2CS(=O)(=O)C[C@@H]21. The number of rotatable bonds is 4. The summed E-state index contributed by atoms with van der Waals surface area (Å²) >= 11 is 0. The van der Waals surface area contributed by atoms with E-state index in [4.69, 9.17) is 0 Å². The fraction of sp³-hybridized carbons (Fsp3) is 0.600. The fourth-order valence-corrected chi connectivity index (χ4v) is 5.50. The average molecular weight is 338 g/mol. The Balaban J connectivity index is 1.79. The molecule has 1 aromatic rings. The van der Waals surface area contributed by atoms with E-state index >= 15 is 0 Å². The monoisotopic (exact) mass is 338 g/mol. The third kappa shape index (κ3) is 3.54. The predicted molar refractivity (Wildman–Crippen MR) is 86.5 cm³/mol. The molecule has 0 bridgehead atoms. The van der Waals surface area contributed by atoms with Gasteiger partial charge in [0.05, 0.1) is 29.8 Å². The molecule has 1 amide bonds. The Morgan fingerprint density at radius 2 is 2.09 bits per heavy atom. The molecule has 7 nitrogen and oxygen atoms in total. The Morgan fingerprint density at radius 1 is 1.30 bits per heavy atom. The molecule has 0 spiro atoms. The van der Waals surface area contributed by atoms with E-state index in [9.17, 15) is 13.2 Å². The summed E-state index contributed by atoms with van der Waals surface area (Å²) in [6.07, 6.45) is 1.74. The van der Waals surface area contributed by atoms with Crippen molar-refractivity contribution >= 4 is 15.7 Å². The number of pyridine rings is 1. The van der Waals surface area contributed by atoms with Gasteiger partial charge < -0.3 is 10.2 Å². The van der Waals surface area contributed by atoms with E-state index in [1.807, 2.05) is 18.2 Å². The molecule has 1 N–H and O–H groups in total. The summed E-state index contributed by atoms with van der Waals surface area (Å²) in [5.74, 6) is 0.150. The molecule has 2 atom stereocenters. The van der Waals surface area contributed by atoms with Crippen LogP contribution in [0.1, 0.15) is 5.69 Å². The number of piperazine rings is 1. The Hall–Kier alpha value is -1.51. The second-order valence-corrected chi connectivity index (χ2v) is 8.27. The normalized spacial score (nSPS) is 26.9. The number of fused-ring (bicyclic) bond motifs is 1. The number of hydrogen-bond acceptors (Lipinski definition) is 6. The fourth-order valence-electron chi connectivity index (χ4n) is 3.48. The Morgan fingerprint density at radius 3 is 2.78 bits per heavy atom. The molecule has 126 valence electrons. The van der Waals surface area contributed by atoms with Gasteiger partial charge >= 0.3 is 0 Å². The van der Waals surface area contributed by atoms with E-state index in [1.165, 1.54) is 0 Å². The van der Waals surface area contributed by atoms with Crippen LogP contribution in [0.3, 0.4) is 0 Å². The van der Waals surface area contributed by atoms with Crippen molar-refractivity contribution in [2.24, 2.45) is 0 Å². The number of nitrogens with one attached hydrogen (secondary N) is 1. The molecule has 0 aliphatic carbocycles. The van der Waals surface area contributed by atoms with Crippen LogP contribution in [0.2, 0.25) is 0 Å². The summed E-state index contributed by atoms with van der Waals surface area (Å²) in [6.45, 7) is 2.09. The summed E-state index contributed by atoms with van der Waals surface area (Å²) < 4.78 is 24.3. The largest absolute Gasteiger partial charge is 0.335 e. The molecular formula is C15H22N4O3S. The van der Waals surface area contributed by atoms with Crippen molar-refractivity contribution in [2.75, 3.05) is 38.2 Å². The highest BCUT2D eigenvalue weighted by Gasteiger charge is 2.47. The van der Waals surface area contributed by atoms with Gasteiger partial charge in [-0.05, 0) is 19.2 Å². The van der Waals surface area contributed by atoms with E-state index in [0.717, 1.165) is 5.69 Å². The van der Waals surface area contributed by atoms with Crippen LogP contribution in [-0.4, -0.2) is 79.4 Å². The van der Waals surface area contributed by atoms with Gasteiger partial charge in [0.2, 0.25) is 5.91 Å². The van der Waals surface area contributed by atoms with Crippen molar-refractivity contribution < 1.29 is 13.2 Å². The molecule has 0 saturated carbocycles. The van der Waals surface area contributed by atoms with E-state index in [-0.39, 0.29) is 36.0 Å². The van der Waals surface area contributed by atoms with Crippen molar-refractivity contribution in [2.45, 2.75) is 18.6 Å². The summed E-state index contributed by atoms with van der Waals surface area (Å²) in [7, 11) is -1.39. The van der Waals surface area contributed by atoms with Gasteiger partial charge in [-0.2, -0.15) is 0 Å². The topological polar surface area (TPSA) is 82.6 Å². The summed E-state index contributed by atoms with van der Waals surface area (Å²) in [6, 6.07) is 5.34. The van der Waals surface area contributed by atoms with Crippen LogP contribution in [-0.2, 0) is 21.2 Å². The van der Waals surface area contributed by atoms with Gasteiger partial charge in [0.15, 0.2) is 9.84 Å². The van der Waals surface area contributed by atoms with E-state index in [1.54, 1.807) is 18.1 Å². The average Bonchev–Trinajstić information content (AvgIpc) is 2.84. The minimum atomic E-state index is -3.11. The first-order valence-electron chi connectivity index (χ1n) is 7.78. The minimum absolute atomic E-state index is 0.0305. The van der Waals surface area contributed by atoms with E-state index in [2.05, 4.69) is 15.2 Å². The van der Waals surface area contributed by atoms with Crippen molar-refractivity contribution in [3.8, 4) is 0 Å². The third-order valence-corrected chi connectivity index (χ3v) is 6.23. The Kier molecular flexibility index (Phi) is 4.65. The van der Waals surface area contributed by atoms with Gasteiger partial charge in [0.25, 0.3) is 0 Å². The van der Waals surface area contributed by atoms with Gasteiger partial charge in [0, 0.05) is 31.9 Å². The molecule has 2 aliphatic heterocycles. The zero-order valence-corrected chi connectivity index (χ0v) is 14.0. The first kappa shape index (κ1) is 16.4. The van der Waals surface area contributed by atoms with Crippen molar-refractivity contribution in [1.82, 2.24) is 20.1 Å². The molecule has 2 aliphatic rings. The Bertz CT molecular complexity index is 665. The molecule has 1 aromatic heterocycles. The van der Waals surface area contributed by atoms with Crippen LogP contribution in [0.4, 0.5) is 0 Å². The number of carbonyl (C=O) groups is 1. The zero-order chi connectivity index (χ0) is 16.4. The second-order valence-electron chi connectivity index (χ2n) is 6.12. The minimum Gasteiger partial charge on any atom is -0.335 e. The van der Waals surface area contributed by atoms with Gasteiger partial charge in [-0.25, -0.2) is 8.42 Å². The lowest BCUT2D eigenvalue weighted by atomic mass is 10.0. The van der Waals surface area contributed by atoms with Gasteiger partial charge in [-0.1, -0.05) is 6.07 Å². The number of hydrogen-bond donors (Lipinski definition) is 1. The number of likely N-dealkylation sites (N-methyl/N-ethyl adjacent to an activating group) is 1. The van der Waals surface area contributed by atoms with Crippen LogP contribution in [0.5, 0.6) is 0 Å². The number of sulfone groups is 1. The zero-order valence-electron chi connectivity index (χ0n) is 13.2. The molecule has 0 radical (unpaired) electrons. The summed E-state index contributed by atoms with van der Waals surface area (Å²) in [5.41, 5.74) is 0.922. The predicted octanol–water partition coefficient (Wildman–Crippen LogP) is -0.889. The number of aromatic nitrogens is 1. The van der Waals surface area contributed by atoms with Crippen LogP contribution in [0.25, 0.3) is 0 Å². The highest BCUT2D eigenvalue weighted by Crippen LogP contribution is 2.28. The molecular weight excluding hydrogens is 316 g/mol. The van der Waals surface area contributed by atoms with E-state index < -0.39 is 9.84 Å². The quantitative estimate of drug-likeness (QED) is 0.767. The smallest absolute Gasteiger partial charge is 0.236 e. The maximum atomic E-state index is 12.3.